The predicted octanol–water partition coefficient (Wildman–Crippen LogP) is 3.85. The van der Waals surface area contributed by atoms with Crippen LogP contribution in [0.3, 0.4) is 0 Å². The molecule has 1 aromatic carbocycles. The molecule has 4 rings (SSSR count). The second-order valence-corrected chi connectivity index (χ2v) is 7.37. The number of ether oxygens (including phenoxy) is 1. The smallest absolute Gasteiger partial charge is 0.194 e. The van der Waals surface area contributed by atoms with E-state index in [1.165, 1.54) is 5.56 Å². The molecular formula is C23H29IN6O. The molecule has 1 unspecified atom stereocenters. The van der Waals surface area contributed by atoms with Crippen LogP contribution >= 0.6 is 24.0 Å². The highest BCUT2D eigenvalue weighted by molar-refractivity contribution is 14.0. The number of nitrogens with zero attached hydrogens (tertiary/aromatic N) is 5. The van der Waals surface area contributed by atoms with Gasteiger partial charge in [-0.2, -0.15) is 0 Å². The number of halogens is 1. The fourth-order valence-electron chi connectivity index (χ4n) is 3.79. The van der Waals surface area contributed by atoms with Gasteiger partial charge in [-0.05, 0) is 48.7 Å². The minimum Gasteiger partial charge on any atom is -0.497 e. The molecule has 0 radical (unpaired) electrons. The number of rotatable bonds is 6. The number of pyridine rings is 1. The van der Waals surface area contributed by atoms with Gasteiger partial charge in [-0.3, -0.25) is 4.57 Å². The average Bonchev–Trinajstić information content (AvgIpc) is 3.50. The molecule has 1 N–H and O–H groups in total. The third-order valence-electron chi connectivity index (χ3n) is 5.40. The number of aliphatic imine (C=N–C) groups is 1. The molecule has 2 aromatic heterocycles. The Kier molecular flexibility index (Phi) is 8.27. The van der Waals surface area contributed by atoms with Gasteiger partial charge in [-0.15, -0.1) is 24.0 Å². The summed E-state index contributed by atoms with van der Waals surface area (Å²) in [5, 5.41) is 3.45. The molecule has 164 valence electrons. The SMILES string of the molecule is CCNC(=NCc1ccnc(-n2ccnc2)c1)N1CCC(c2ccc(OC)cc2)C1.I. The molecule has 0 amide bonds. The zero-order chi connectivity index (χ0) is 20.8. The lowest BCUT2D eigenvalue weighted by Crippen LogP contribution is -2.40. The summed E-state index contributed by atoms with van der Waals surface area (Å²) in [7, 11) is 1.70. The van der Waals surface area contributed by atoms with E-state index in [1.54, 1.807) is 19.6 Å². The van der Waals surface area contributed by atoms with Gasteiger partial charge in [-0.25, -0.2) is 15.0 Å². The van der Waals surface area contributed by atoms with Crippen molar-refractivity contribution in [1.29, 1.82) is 0 Å². The van der Waals surface area contributed by atoms with Crippen LogP contribution in [-0.2, 0) is 6.54 Å². The molecule has 1 fully saturated rings. The molecule has 1 atom stereocenters. The summed E-state index contributed by atoms with van der Waals surface area (Å²) in [4.78, 5) is 15.8. The van der Waals surface area contributed by atoms with Crippen molar-refractivity contribution in [2.24, 2.45) is 4.99 Å². The van der Waals surface area contributed by atoms with Crippen LogP contribution in [-0.4, -0.2) is 52.1 Å². The third-order valence-corrected chi connectivity index (χ3v) is 5.40. The molecule has 1 aliphatic heterocycles. The van der Waals surface area contributed by atoms with Crippen LogP contribution < -0.4 is 10.1 Å². The number of aromatic nitrogens is 3. The van der Waals surface area contributed by atoms with Gasteiger partial charge in [0, 0.05) is 44.1 Å². The highest BCUT2D eigenvalue weighted by Crippen LogP contribution is 2.28. The van der Waals surface area contributed by atoms with Gasteiger partial charge < -0.3 is 15.0 Å². The Bertz CT molecular complexity index is 974. The first kappa shape index (κ1) is 23.1. The molecule has 31 heavy (non-hydrogen) atoms. The number of nitrogens with one attached hydrogen (secondary N) is 1. The first-order valence-electron chi connectivity index (χ1n) is 10.4. The van der Waals surface area contributed by atoms with Crippen LogP contribution in [0.15, 0.2) is 66.3 Å². The van der Waals surface area contributed by atoms with Gasteiger partial charge in [0.15, 0.2) is 5.96 Å². The van der Waals surface area contributed by atoms with Crippen molar-refractivity contribution < 1.29 is 4.74 Å². The van der Waals surface area contributed by atoms with Gasteiger partial charge in [-0.1, -0.05) is 12.1 Å². The van der Waals surface area contributed by atoms with Gasteiger partial charge in [0.05, 0.1) is 13.7 Å². The van der Waals surface area contributed by atoms with Crippen molar-refractivity contribution in [3.63, 3.8) is 0 Å². The van der Waals surface area contributed by atoms with Crippen molar-refractivity contribution in [1.82, 2.24) is 24.8 Å². The number of benzene rings is 1. The zero-order valence-electron chi connectivity index (χ0n) is 17.9. The largest absolute Gasteiger partial charge is 0.497 e. The Morgan fingerprint density at radius 1 is 1.23 bits per heavy atom. The Hall–Kier alpha value is -2.62. The van der Waals surface area contributed by atoms with E-state index in [9.17, 15) is 0 Å². The number of guanidine groups is 1. The summed E-state index contributed by atoms with van der Waals surface area (Å²) in [6.07, 6.45) is 8.34. The van der Waals surface area contributed by atoms with E-state index in [0.717, 1.165) is 49.1 Å². The normalized spacial score (nSPS) is 16.1. The maximum Gasteiger partial charge on any atom is 0.194 e. The minimum atomic E-state index is 0. The van der Waals surface area contributed by atoms with E-state index < -0.39 is 0 Å². The molecule has 0 spiro atoms. The van der Waals surface area contributed by atoms with Crippen molar-refractivity contribution >= 4 is 29.9 Å². The fourth-order valence-corrected chi connectivity index (χ4v) is 3.79. The van der Waals surface area contributed by atoms with Crippen molar-refractivity contribution in [3.05, 3.63) is 72.4 Å². The number of methoxy groups -OCH3 is 1. The van der Waals surface area contributed by atoms with Crippen LogP contribution in [0.25, 0.3) is 5.82 Å². The van der Waals surface area contributed by atoms with E-state index >= 15 is 0 Å². The third kappa shape index (κ3) is 5.75. The number of imidazole rings is 1. The fraction of sp³-hybridized carbons (Fsp3) is 0.348. The first-order valence-corrected chi connectivity index (χ1v) is 10.4. The topological polar surface area (TPSA) is 67.6 Å². The van der Waals surface area contributed by atoms with E-state index in [0.29, 0.717) is 12.5 Å². The maximum absolute atomic E-state index is 5.28. The molecule has 3 heterocycles. The van der Waals surface area contributed by atoms with Gasteiger partial charge >= 0.3 is 0 Å². The van der Waals surface area contributed by atoms with Crippen molar-refractivity contribution in [2.75, 3.05) is 26.7 Å². The quantitative estimate of drug-likeness (QED) is 0.297. The van der Waals surface area contributed by atoms with Gasteiger partial charge in [0.25, 0.3) is 0 Å². The second kappa shape index (κ2) is 11.1. The molecule has 1 saturated heterocycles. The Morgan fingerprint density at radius 3 is 2.77 bits per heavy atom. The van der Waals surface area contributed by atoms with Crippen LogP contribution in [0.1, 0.15) is 30.4 Å². The molecule has 0 aliphatic carbocycles. The monoisotopic (exact) mass is 532 g/mol. The molecule has 7 nitrogen and oxygen atoms in total. The molecule has 8 heteroatoms. The number of hydrogen-bond acceptors (Lipinski definition) is 4. The van der Waals surface area contributed by atoms with Gasteiger partial charge in [0.1, 0.15) is 17.9 Å². The zero-order valence-corrected chi connectivity index (χ0v) is 20.3. The summed E-state index contributed by atoms with van der Waals surface area (Å²) in [5.41, 5.74) is 2.48. The lowest BCUT2D eigenvalue weighted by molar-refractivity contribution is 0.414. The van der Waals surface area contributed by atoms with Crippen LogP contribution in [0, 0.1) is 0 Å². The lowest BCUT2D eigenvalue weighted by Gasteiger charge is -2.22. The van der Waals surface area contributed by atoms with E-state index in [2.05, 4.69) is 45.3 Å². The Morgan fingerprint density at radius 2 is 2.06 bits per heavy atom. The second-order valence-electron chi connectivity index (χ2n) is 7.37. The molecule has 0 saturated carbocycles. The van der Waals surface area contributed by atoms with Crippen LogP contribution in [0.4, 0.5) is 0 Å². The van der Waals surface area contributed by atoms with Gasteiger partial charge in [0.2, 0.25) is 0 Å². The summed E-state index contributed by atoms with van der Waals surface area (Å²) in [6, 6.07) is 12.5. The highest BCUT2D eigenvalue weighted by Gasteiger charge is 2.26. The number of likely N-dealkylation sites (tertiary alicyclic amines) is 1. The first-order chi connectivity index (χ1) is 14.8. The molecule has 0 bridgehead atoms. The van der Waals surface area contributed by atoms with E-state index in [-0.39, 0.29) is 24.0 Å². The predicted molar refractivity (Wildman–Crippen MR) is 134 cm³/mol. The lowest BCUT2D eigenvalue weighted by atomic mass is 9.98. The molecule has 1 aliphatic rings. The molecule has 3 aromatic rings. The Balaban J connectivity index is 0.00000272. The summed E-state index contributed by atoms with van der Waals surface area (Å²) in [5.74, 6) is 3.23. The summed E-state index contributed by atoms with van der Waals surface area (Å²) < 4.78 is 7.18. The maximum atomic E-state index is 5.28. The van der Waals surface area contributed by atoms with Crippen molar-refractivity contribution in [2.45, 2.75) is 25.8 Å². The van der Waals surface area contributed by atoms with Crippen LogP contribution in [0.2, 0.25) is 0 Å². The number of hydrogen-bond donors (Lipinski definition) is 1. The summed E-state index contributed by atoms with van der Waals surface area (Å²) in [6.45, 7) is 5.53. The van der Waals surface area contributed by atoms with Crippen molar-refractivity contribution in [3.8, 4) is 11.6 Å². The van der Waals surface area contributed by atoms with E-state index in [4.69, 9.17) is 9.73 Å². The van der Waals surface area contributed by atoms with E-state index in [1.807, 2.05) is 35.2 Å². The van der Waals surface area contributed by atoms with Crippen LogP contribution in [0.5, 0.6) is 5.75 Å². The molecular weight excluding hydrogens is 503 g/mol. The standard InChI is InChI=1S/C23H28N6O.HI/c1-3-25-23(27-15-18-8-10-26-22(14-18)29-13-11-24-17-29)28-12-9-20(16-28)19-4-6-21(30-2)7-5-19;/h4-8,10-11,13-14,17,20H,3,9,12,15-16H2,1-2H3,(H,25,27);1H. The summed E-state index contributed by atoms with van der Waals surface area (Å²) >= 11 is 0. The average molecular weight is 532 g/mol. The Labute approximate surface area is 200 Å². The highest BCUT2D eigenvalue weighted by atomic mass is 127. The minimum absolute atomic E-state index is 0.